The SMILES string of the molecule is Br.CCCCCCCCCC[PH](c1ccccc1)(c1ccccc1)c1ccccc1. The van der Waals surface area contributed by atoms with E-state index in [-0.39, 0.29) is 17.0 Å². The first kappa shape index (κ1) is 24.8. The molecule has 0 aliphatic rings. The van der Waals surface area contributed by atoms with Crippen LogP contribution in [0.3, 0.4) is 0 Å². The molecule has 0 aliphatic heterocycles. The van der Waals surface area contributed by atoms with Gasteiger partial charge in [0.1, 0.15) is 0 Å². The van der Waals surface area contributed by atoms with Gasteiger partial charge in [0, 0.05) is 0 Å². The maximum atomic E-state index is 2.37. The van der Waals surface area contributed by atoms with Crippen molar-refractivity contribution in [2.24, 2.45) is 0 Å². The molecule has 0 bridgehead atoms. The third-order valence-corrected chi connectivity index (χ3v) is 11.3. The summed E-state index contributed by atoms with van der Waals surface area (Å²) < 4.78 is 0. The Morgan fingerprint density at radius 2 is 0.800 bits per heavy atom. The topological polar surface area (TPSA) is 0 Å². The van der Waals surface area contributed by atoms with Crippen LogP contribution >= 0.6 is 24.2 Å². The van der Waals surface area contributed by atoms with Gasteiger partial charge in [-0.15, -0.1) is 17.0 Å². The van der Waals surface area contributed by atoms with Gasteiger partial charge in [-0.3, -0.25) is 0 Å². The third kappa shape index (κ3) is 6.53. The zero-order valence-electron chi connectivity index (χ0n) is 18.4. The molecule has 162 valence electrons. The van der Waals surface area contributed by atoms with Gasteiger partial charge in [0.2, 0.25) is 0 Å². The van der Waals surface area contributed by atoms with E-state index < -0.39 is 7.26 Å². The molecule has 0 nitrogen and oxygen atoms in total. The zero-order chi connectivity index (χ0) is 20.2. The summed E-state index contributed by atoms with van der Waals surface area (Å²) in [4.78, 5) is 0. The van der Waals surface area contributed by atoms with Gasteiger partial charge in [0.15, 0.2) is 0 Å². The summed E-state index contributed by atoms with van der Waals surface area (Å²) in [6, 6.07) is 34.0. The molecular formula is C28H38BrP. The molecule has 0 N–H and O–H groups in total. The second-order valence-electron chi connectivity index (χ2n) is 8.23. The Bertz CT molecular complexity index is 705. The van der Waals surface area contributed by atoms with Crippen LogP contribution < -0.4 is 15.9 Å². The molecule has 3 aromatic rings. The predicted octanol–water partition coefficient (Wildman–Crippen LogP) is 7.43. The van der Waals surface area contributed by atoms with Crippen molar-refractivity contribution in [3.05, 3.63) is 91.0 Å². The molecule has 0 unspecified atom stereocenters. The summed E-state index contributed by atoms with van der Waals surface area (Å²) >= 11 is 0. The Morgan fingerprint density at radius 3 is 1.17 bits per heavy atom. The molecule has 3 rings (SSSR count). The molecule has 0 aromatic heterocycles. The summed E-state index contributed by atoms with van der Waals surface area (Å²) in [5, 5.41) is 4.63. The Kier molecular flexibility index (Phi) is 11.4. The van der Waals surface area contributed by atoms with Gasteiger partial charge in [-0.25, -0.2) is 0 Å². The van der Waals surface area contributed by atoms with Crippen LogP contribution in [0, 0.1) is 0 Å². The van der Waals surface area contributed by atoms with Crippen molar-refractivity contribution in [1.82, 2.24) is 0 Å². The van der Waals surface area contributed by atoms with E-state index in [9.17, 15) is 0 Å². The predicted molar refractivity (Wildman–Crippen MR) is 144 cm³/mol. The normalized spacial score (nSPS) is 11.6. The fourth-order valence-corrected chi connectivity index (χ4v) is 9.56. The van der Waals surface area contributed by atoms with Crippen LogP contribution in [0.25, 0.3) is 0 Å². The fraction of sp³-hybridized carbons (Fsp3) is 0.357. The molecule has 0 fully saturated rings. The molecule has 0 atom stereocenters. The van der Waals surface area contributed by atoms with Gasteiger partial charge in [0.25, 0.3) is 0 Å². The van der Waals surface area contributed by atoms with E-state index in [1.165, 1.54) is 57.5 Å². The Morgan fingerprint density at radius 1 is 0.467 bits per heavy atom. The van der Waals surface area contributed by atoms with Crippen molar-refractivity contribution in [3.63, 3.8) is 0 Å². The number of benzene rings is 3. The van der Waals surface area contributed by atoms with E-state index in [0.29, 0.717) is 0 Å². The number of halogens is 1. The molecule has 30 heavy (non-hydrogen) atoms. The number of unbranched alkanes of at least 4 members (excludes halogenated alkanes) is 7. The number of hydrogen-bond donors (Lipinski definition) is 0. The van der Waals surface area contributed by atoms with Gasteiger partial charge in [-0.05, 0) is 0 Å². The molecule has 0 radical (unpaired) electrons. The van der Waals surface area contributed by atoms with Gasteiger partial charge >= 0.3 is 179 Å². The molecule has 3 aromatic carbocycles. The van der Waals surface area contributed by atoms with E-state index in [2.05, 4.69) is 97.9 Å². The first-order chi connectivity index (χ1) is 14.4. The number of hydrogen-bond acceptors (Lipinski definition) is 0. The van der Waals surface area contributed by atoms with Crippen molar-refractivity contribution in [2.75, 3.05) is 6.16 Å². The monoisotopic (exact) mass is 484 g/mol. The van der Waals surface area contributed by atoms with Crippen LogP contribution in [0.4, 0.5) is 0 Å². The minimum atomic E-state index is -2.01. The van der Waals surface area contributed by atoms with Crippen molar-refractivity contribution in [3.8, 4) is 0 Å². The Balaban J connectivity index is 0.00000320. The molecule has 0 saturated heterocycles. The summed E-state index contributed by atoms with van der Waals surface area (Å²) in [7, 11) is -2.01. The second-order valence-corrected chi connectivity index (χ2v) is 12.3. The average molecular weight is 485 g/mol. The van der Waals surface area contributed by atoms with Gasteiger partial charge in [-0.2, -0.15) is 0 Å². The average Bonchev–Trinajstić information content (AvgIpc) is 2.80. The first-order valence-electron chi connectivity index (χ1n) is 11.5. The van der Waals surface area contributed by atoms with Crippen LogP contribution in [0.5, 0.6) is 0 Å². The number of rotatable bonds is 12. The summed E-state index contributed by atoms with van der Waals surface area (Å²) in [5.41, 5.74) is 0. The van der Waals surface area contributed by atoms with E-state index in [1.807, 2.05) is 0 Å². The quantitative estimate of drug-likeness (QED) is 0.185. The van der Waals surface area contributed by atoms with Crippen molar-refractivity contribution in [2.45, 2.75) is 58.3 Å². The molecule has 0 aliphatic carbocycles. The van der Waals surface area contributed by atoms with E-state index in [4.69, 9.17) is 0 Å². The molecule has 0 amide bonds. The van der Waals surface area contributed by atoms with Gasteiger partial charge in [0.05, 0.1) is 0 Å². The zero-order valence-corrected chi connectivity index (χ0v) is 21.1. The van der Waals surface area contributed by atoms with Crippen molar-refractivity contribution < 1.29 is 0 Å². The first-order valence-corrected chi connectivity index (χ1v) is 13.7. The van der Waals surface area contributed by atoms with Crippen LogP contribution in [0.15, 0.2) is 91.0 Å². The Labute approximate surface area is 195 Å². The minimum absolute atomic E-state index is 0. The standard InChI is InChI=1S/C28H37P.BrH/c1-2-3-4-5-6-7-8-18-25-29(26-19-12-9-13-20-26,27-21-14-10-15-22-27)28-23-16-11-17-24-28;/h9-17,19-24,29H,2-8,18,25H2,1H3;1H. The van der Waals surface area contributed by atoms with Gasteiger partial charge < -0.3 is 0 Å². The molecule has 0 saturated carbocycles. The molecule has 0 spiro atoms. The second kappa shape index (κ2) is 13.8. The van der Waals surface area contributed by atoms with Gasteiger partial charge in [-0.1, -0.05) is 0 Å². The van der Waals surface area contributed by atoms with E-state index in [1.54, 1.807) is 15.9 Å². The van der Waals surface area contributed by atoms with E-state index >= 15 is 0 Å². The molecule has 0 heterocycles. The van der Waals surface area contributed by atoms with Crippen molar-refractivity contribution in [1.29, 1.82) is 0 Å². The summed E-state index contributed by atoms with van der Waals surface area (Å²) in [6.45, 7) is 2.29. The maximum absolute atomic E-state index is 2.37. The summed E-state index contributed by atoms with van der Waals surface area (Å²) in [5.74, 6) is 0. The van der Waals surface area contributed by atoms with Crippen LogP contribution in [0.1, 0.15) is 58.3 Å². The van der Waals surface area contributed by atoms with Crippen LogP contribution in [0.2, 0.25) is 0 Å². The third-order valence-electron chi connectivity index (χ3n) is 6.21. The van der Waals surface area contributed by atoms with E-state index in [0.717, 1.165) is 0 Å². The summed E-state index contributed by atoms with van der Waals surface area (Å²) in [6.07, 6.45) is 12.3. The van der Waals surface area contributed by atoms with Crippen LogP contribution in [-0.2, 0) is 0 Å². The fourth-order valence-electron chi connectivity index (χ4n) is 4.63. The van der Waals surface area contributed by atoms with Crippen LogP contribution in [-0.4, -0.2) is 6.16 Å². The van der Waals surface area contributed by atoms with Crippen molar-refractivity contribution >= 4 is 40.2 Å². The molecular weight excluding hydrogens is 447 g/mol. The molecule has 2 heteroatoms. The Hall–Kier alpha value is -1.43.